The number of carbonyl (C=O) groups excluding carboxylic acids is 1. The fourth-order valence-corrected chi connectivity index (χ4v) is 4.48. The molecule has 3 aromatic rings. The lowest BCUT2D eigenvalue weighted by molar-refractivity contribution is 0.0556. The highest BCUT2D eigenvalue weighted by atomic mass is 16.6. The summed E-state index contributed by atoms with van der Waals surface area (Å²) in [4.78, 5) is 23.9. The summed E-state index contributed by atoms with van der Waals surface area (Å²) in [6.45, 7) is 5.09. The molecule has 0 spiro atoms. The van der Waals surface area contributed by atoms with E-state index in [1.54, 1.807) is 4.90 Å². The number of nitrogens with two attached hydrogens (primary N) is 1. The van der Waals surface area contributed by atoms with Gasteiger partial charge in [-0.15, -0.1) is 0 Å². The number of carbonyl (C=O) groups is 1. The number of hydrogen-bond donors (Lipinski definition) is 3. The molecular formula is C26H35N5O4. The zero-order valence-electron chi connectivity index (χ0n) is 20.5. The molecule has 0 radical (unpaired) electrons. The van der Waals surface area contributed by atoms with Gasteiger partial charge >= 0.3 is 6.09 Å². The average Bonchev–Trinajstić information content (AvgIpc) is 3.24. The molecule has 2 aromatic heterocycles. The van der Waals surface area contributed by atoms with Gasteiger partial charge in [-0.1, -0.05) is 50.6 Å². The number of nitrogens with zero attached hydrogens (tertiary/aromatic N) is 4. The molecule has 0 aliphatic carbocycles. The Morgan fingerprint density at radius 1 is 1.20 bits per heavy atom. The van der Waals surface area contributed by atoms with Crippen molar-refractivity contribution < 1.29 is 19.7 Å². The zero-order chi connectivity index (χ0) is 25.0. The van der Waals surface area contributed by atoms with Crippen LogP contribution < -0.4 is 5.73 Å². The summed E-state index contributed by atoms with van der Waals surface area (Å²) in [6.07, 6.45) is 2.96. The highest BCUT2D eigenvalue weighted by molar-refractivity contribution is 5.89. The van der Waals surface area contributed by atoms with Crippen LogP contribution in [0.5, 0.6) is 0 Å². The molecule has 0 atom stereocenters. The van der Waals surface area contributed by atoms with E-state index in [-0.39, 0.29) is 25.9 Å². The number of ether oxygens (including phenoxy) is 1. The quantitative estimate of drug-likeness (QED) is 0.429. The number of imidazole rings is 1. The summed E-state index contributed by atoms with van der Waals surface area (Å²) >= 11 is 0. The van der Waals surface area contributed by atoms with Crippen molar-refractivity contribution in [1.82, 2.24) is 19.4 Å². The van der Waals surface area contributed by atoms with Crippen molar-refractivity contribution in [3.8, 4) is 0 Å². The Hall–Kier alpha value is -3.17. The summed E-state index contributed by atoms with van der Waals surface area (Å²) in [6, 6.07) is 9.58. The first-order valence-electron chi connectivity index (χ1n) is 12.2. The number of rotatable bonds is 9. The van der Waals surface area contributed by atoms with Gasteiger partial charge < -0.3 is 30.2 Å². The van der Waals surface area contributed by atoms with Crippen molar-refractivity contribution in [3.05, 3.63) is 53.0 Å². The number of anilines is 1. The molecule has 4 rings (SSSR count). The molecule has 4 N–H and O–H groups in total. The molecule has 1 amide bonds. The third-order valence-corrected chi connectivity index (χ3v) is 6.67. The first-order valence-corrected chi connectivity index (χ1v) is 12.2. The monoisotopic (exact) mass is 481 g/mol. The molecule has 1 aliphatic rings. The zero-order valence-corrected chi connectivity index (χ0v) is 20.5. The van der Waals surface area contributed by atoms with Crippen molar-refractivity contribution in [2.75, 3.05) is 25.5 Å². The van der Waals surface area contributed by atoms with E-state index in [9.17, 15) is 15.0 Å². The molecular weight excluding hydrogens is 446 g/mol. The first kappa shape index (κ1) is 24.9. The van der Waals surface area contributed by atoms with E-state index >= 15 is 0 Å². The van der Waals surface area contributed by atoms with Crippen LogP contribution in [0.1, 0.15) is 49.3 Å². The van der Waals surface area contributed by atoms with Crippen LogP contribution >= 0.6 is 0 Å². The highest BCUT2D eigenvalue weighted by Crippen LogP contribution is 2.33. The SMILES string of the molecule is CCCCc1nc2c(N)nc3c(c2n1CC(C)(CO)CO)CCN(C(=O)OCc1ccccc1)C3. The van der Waals surface area contributed by atoms with Crippen molar-refractivity contribution in [2.45, 2.75) is 59.2 Å². The van der Waals surface area contributed by atoms with Gasteiger partial charge in [0.2, 0.25) is 0 Å². The predicted octanol–water partition coefficient (Wildman–Crippen LogP) is 3.04. The predicted molar refractivity (Wildman–Crippen MR) is 134 cm³/mol. The van der Waals surface area contributed by atoms with Crippen molar-refractivity contribution in [1.29, 1.82) is 0 Å². The van der Waals surface area contributed by atoms with Crippen molar-refractivity contribution in [3.63, 3.8) is 0 Å². The summed E-state index contributed by atoms with van der Waals surface area (Å²) in [5.41, 5.74) is 9.86. The van der Waals surface area contributed by atoms with Gasteiger partial charge in [-0.2, -0.15) is 0 Å². The Morgan fingerprint density at radius 3 is 2.63 bits per heavy atom. The molecule has 9 nitrogen and oxygen atoms in total. The van der Waals surface area contributed by atoms with Crippen LogP contribution in [0.4, 0.5) is 10.6 Å². The number of aliphatic hydroxyl groups is 2. The molecule has 0 bridgehead atoms. The smallest absolute Gasteiger partial charge is 0.410 e. The fraction of sp³-hybridized carbons (Fsp3) is 0.500. The minimum absolute atomic E-state index is 0.153. The van der Waals surface area contributed by atoms with Gasteiger partial charge in [-0.05, 0) is 18.4 Å². The number of hydrogen-bond acceptors (Lipinski definition) is 7. The molecule has 35 heavy (non-hydrogen) atoms. The van der Waals surface area contributed by atoms with Crippen LogP contribution in [0.3, 0.4) is 0 Å². The Labute approximate surface area is 205 Å². The maximum Gasteiger partial charge on any atom is 0.410 e. The standard InChI is InChI=1S/C26H35N5O4/c1-3-4-10-21-29-22-23(31(21)15-26(2,16-32)17-33)19-11-12-30(13-20(19)28-24(22)27)25(34)35-14-18-8-6-5-7-9-18/h5-9,32-33H,3-4,10-17H2,1-2H3,(H2,27,28). The maximum atomic E-state index is 12.8. The van der Waals surface area contributed by atoms with Gasteiger partial charge in [-0.25, -0.2) is 14.8 Å². The number of fused-ring (bicyclic) bond motifs is 3. The molecule has 1 aliphatic heterocycles. The van der Waals surface area contributed by atoms with Crippen molar-refractivity contribution in [2.24, 2.45) is 5.41 Å². The number of aliphatic hydroxyl groups excluding tert-OH is 2. The van der Waals surface area contributed by atoms with Gasteiger partial charge in [0.15, 0.2) is 5.82 Å². The molecule has 0 saturated carbocycles. The van der Waals surface area contributed by atoms with Gasteiger partial charge in [-0.3, -0.25) is 0 Å². The number of nitrogen functional groups attached to an aromatic ring is 1. The molecule has 1 aromatic carbocycles. The molecule has 9 heteroatoms. The summed E-state index contributed by atoms with van der Waals surface area (Å²) < 4.78 is 7.62. The molecule has 0 fully saturated rings. The minimum atomic E-state index is -0.707. The highest BCUT2D eigenvalue weighted by Gasteiger charge is 2.31. The number of aryl methyl sites for hydroxylation is 1. The third kappa shape index (κ3) is 5.26. The van der Waals surface area contributed by atoms with Crippen LogP contribution in [-0.2, 0) is 37.3 Å². The van der Waals surface area contributed by atoms with E-state index in [1.807, 2.05) is 37.3 Å². The Morgan fingerprint density at radius 2 is 1.94 bits per heavy atom. The van der Waals surface area contributed by atoms with Crippen LogP contribution in [0.2, 0.25) is 0 Å². The second-order valence-electron chi connectivity index (χ2n) is 9.68. The van der Waals surface area contributed by atoms with E-state index in [4.69, 9.17) is 15.5 Å². The molecule has 0 unspecified atom stereocenters. The Kier molecular flexibility index (Phi) is 7.57. The summed E-state index contributed by atoms with van der Waals surface area (Å²) in [5, 5.41) is 19.9. The van der Waals surface area contributed by atoms with Crippen LogP contribution in [0.15, 0.2) is 30.3 Å². The molecule has 188 valence electrons. The molecule has 3 heterocycles. The number of pyridine rings is 1. The largest absolute Gasteiger partial charge is 0.445 e. The second kappa shape index (κ2) is 10.6. The maximum absolute atomic E-state index is 12.8. The number of amides is 1. The Bertz CT molecular complexity index is 1170. The average molecular weight is 482 g/mol. The summed E-state index contributed by atoms with van der Waals surface area (Å²) in [5.74, 6) is 1.20. The van der Waals surface area contributed by atoms with Gasteiger partial charge in [0.1, 0.15) is 17.9 Å². The topological polar surface area (TPSA) is 127 Å². The van der Waals surface area contributed by atoms with Crippen molar-refractivity contribution >= 4 is 22.9 Å². The van der Waals surface area contributed by atoms with E-state index in [0.717, 1.165) is 47.4 Å². The normalized spacial score (nSPS) is 13.8. The number of benzene rings is 1. The minimum Gasteiger partial charge on any atom is -0.445 e. The van der Waals surface area contributed by atoms with Crippen LogP contribution in [0, 0.1) is 5.41 Å². The number of aromatic nitrogens is 3. The third-order valence-electron chi connectivity index (χ3n) is 6.67. The lowest BCUT2D eigenvalue weighted by Crippen LogP contribution is -2.37. The Balaban J connectivity index is 1.65. The lowest BCUT2D eigenvalue weighted by atomic mass is 9.92. The van der Waals surface area contributed by atoms with Crippen LogP contribution in [-0.4, -0.2) is 55.5 Å². The van der Waals surface area contributed by atoms with E-state index in [2.05, 4.69) is 16.5 Å². The first-order chi connectivity index (χ1) is 16.9. The summed E-state index contributed by atoms with van der Waals surface area (Å²) in [7, 11) is 0. The van der Waals surface area contributed by atoms with E-state index < -0.39 is 5.41 Å². The van der Waals surface area contributed by atoms with E-state index in [1.165, 1.54) is 0 Å². The van der Waals surface area contributed by atoms with Gasteiger partial charge in [0, 0.05) is 30.5 Å². The number of unbranched alkanes of at least 4 members (excludes halogenated alkanes) is 1. The van der Waals surface area contributed by atoms with Gasteiger partial charge in [0.25, 0.3) is 0 Å². The fourth-order valence-electron chi connectivity index (χ4n) is 4.48. The van der Waals surface area contributed by atoms with Gasteiger partial charge in [0.05, 0.1) is 31.0 Å². The van der Waals surface area contributed by atoms with E-state index in [0.29, 0.717) is 37.4 Å². The molecule has 0 saturated heterocycles. The lowest BCUT2D eigenvalue weighted by Gasteiger charge is -2.30. The second-order valence-corrected chi connectivity index (χ2v) is 9.68. The van der Waals surface area contributed by atoms with Crippen LogP contribution in [0.25, 0.3) is 11.0 Å².